The van der Waals surface area contributed by atoms with Crippen LogP contribution in [0.4, 0.5) is 0 Å². The number of aryl methyl sites for hydroxylation is 2. The van der Waals surface area contributed by atoms with E-state index in [1.807, 2.05) is 41.3 Å². The van der Waals surface area contributed by atoms with E-state index in [9.17, 15) is 9.59 Å². The Morgan fingerprint density at radius 2 is 1.68 bits per heavy atom. The van der Waals surface area contributed by atoms with E-state index in [0.717, 1.165) is 51.0 Å². The minimum atomic E-state index is 0.0697. The van der Waals surface area contributed by atoms with Crippen LogP contribution < -0.4 is 0 Å². The molecule has 1 aliphatic heterocycles. The van der Waals surface area contributed by atoms with Crippen LogP contribution in [0.1, 0.15) is 58.3 Å². The Hall–Kier alpha value is -2.97. The standard InChI is InChI=1S/C26H29N3O2/c27-18-20-5-7-21(8-6-20)19-28-13-2-14-29(16-15-28)26(31)12-11-25(30)24-10-9-22-3-1-4-23(22)17-24/h5-10,17H,1-4,11-16,19H2. The molecular formula is C26H29N3O2. The number of carbonyl (C=O) groups is 2. The Bertz CT molecular complexity index is 991. The number of fused-ring (bicyclic) bond motifs is 1. The molecule has 1 aliphatic carbocycles. The smallest absolute Gasteiger partial charge is 0.223 e. The highest BCUT2D eigenvalue weighted by Crippen LogP contribution is 2.23. The molecule has 1 saturated heterocycles. The number of amides is 1. The molecule has 2 aromatic rings. The molecule has 2 aliphatic rings. The topological polar surface area (TPSA) is 64.4 Å². The van der Waals surface area contributed by atoms with Crippen molar-refractivity contribution < 1.29 is 9.59 Å². The molecule has 0 atom stereocenters. The predicted molar refractivity (Wildman–Crippen MR) is 120 cm³/mol. The summed E-state index contributed by atoms with van der Waals surface area (Å²) >= 11 is 0. The summed E-state index contributed by atoms with van der Waals surface area (Å²) in [7, 11) is 0. The SMILES string of the molecule is N#Cc1ccc(CN2CCCN(C(=O)CCC(=O)c3ccc4c(c3)CCC4)CC2)cc1. The molecule has 1 amide bonds. The molecule has 1 fully saturated rings. The minimum Gasteiger partial charge on any atom is -0.341 e. The summed E-state index contributed by atoms with van der Waals surface area (Å²) in [6.07, 6.45) is 4.83. The largest absolute Gasteiger partial charge is 0.341 e. The number of rotatable bonds is 6. The van der Waals surface area contributed by atoms with Crippen LogP contribution in [-0.2, 0) is 24.2 Å². The second kappa shape index (κ2) is 9.89. The minimum absolute atomic E-state index is 0.0697. The van der Waals surface area contributed by atoms with Crippen molar-refractivity contribution in [2.75, 3.05) is 26.2 Å². The lowest BCUT2D eigenvalue weighted by Gasteiger charge is -2.22. The first-order chi connectivity index (χ1) is 15.1. The van der Waals surface area contributed by atoms with E-state index < -0.39 is 0 Å². The zero-order valence-corrected chi connectivity index (χ0v) is 18.0. The van der Waals surface area contributed by atoms with Gasteiger partial charge in [0.15, 0.2) is 5.78 Å². The molecule has 31 heavy (non-hydrogen) atoms. The fraction of sp³-hybridized carbons (Fsp3) is 0.423. The van der Waals surface area contributed by atoms with Gasteiger partial charge >= 0.3 is 0 Å². The average molecular weight is 416 g/mol. The van der Waals surface area contributed by atoms with Gasteiger partial charge in [0.05, 0.1) is 11.6 Å². The van der Waals surface area contributed by atoms with Gasteiger partial charge in [-0.3, -0.25) is 14.5 Å². The molecule has 2 aromatic carbocycles. The number of benzene rings is 2. The number of nitrogens with zero attached hydrogens (tertiary/aromatic N) is 3. The molecule has 0 radical (unpaired) electrons. The molecular weight excluding hydrogens is 386 g/mol. The van der Waals surface area contributed by atoms with Gasteiger partial charge in [-0.05, 0) is 60.6 Å². The maximum absolute atomic E-state index is 12.7. The van der Waals surface area contributed by atoms with Crippen LogP contribution in [0, 0.1) is 11.3 Å². The summed E-state index contributed by atoms with van der Waals surface area (Å²) in [5.41, 5.74) is 5.26. The number of carbonyl (C=O) groups excluding carboxylic acids is 2. The second-order valence-electron chi connectivity index (χ2n) is 8.58. The number of nitriles is 1. The zero-order chi connectivity index (χ0) is 21.6. The number of ketones is 1. The Labute approximate surface area is 184 Å². The average Bonchev–Trinajstić information content (AvgIpc) is 3.15. The van der Waals surface area contributed by atoms with E-state index in [2.05, 4.69) is 17.0 Å². The van der Waals surface area contributed by atoms with Gasteiger partial charge in [-0.2, -0.15) is 5.26 Å². The lowest BCUT2D eigenvalue weighted by molar-refractivity contribution is -0.131. The third-order valence-electron chi connectivity index (χ3n) is 6.42. The molecule has 160 valence electrons. The van der Waals surface area contributed by atoms with Crippen LogP contribution in [0.15, 0.2) is 42.5 Å². The summed E-state index contributed by atoms with van der Waals surface area (Å²) in [6, 6.07) is 15.9. The highest BCUT2D eigenvalue weighted by atomic mass is 16.2. The van der Waals surface area contributed by atoms with E-state index in [0.29, 0.717) is 12.1 Å². The first-order valence-electron chi connectivity index (χ1n) is 11.3. The van der Waals surface area contributed by atoms with Crippen LogP contribution >= 0.6 is 0 Å². The highest BCUT2D eigenvalue weighted by Gasteiger charge is 2.21. The van der Waals surface area contributed by atoms with Gasteiger partial charge in [0, 0.05) is 51.1 Å². The summed E-state index contributed by atoms with van der Waals surface area (Å²) in [5.74, 6) is 0.148. The number of hydrogen-bond acceptors (Lipinski definition) is 4. The number of Topliss-reactive ketones (excluding diaryl/α,β-unsaturated/α-hetero) is 1. The second-order valence-corrected chi connectivity index (χ2v) is 8.58. The highest BCUT2D eigenvalue weighted by molar-refractivity contribution is 5.98. The van der Waals surface area contributed by atoms with E-state index in [1.54, 1.807) is 0 Å². The van der Waals surface area contributed by atoms with Crippen LogP contribution in [0.5, 0.6) is 0 Å². The molecule has 0 N–H and O–H groups in total. The Balaban J connectivity index is 1.25. The predicted octanol–water partition coefficient (Wildman–Crippen LogP) is 3.74. The van der Waals surface area contributed by atoms with E-state index >= 15 is 0 Å². The van der Waals surface area contributed by atoms with Gasteiger partial charge in [-0.15, -0.1) is 0 Å². The van der Waals surface area contributed by atoms with Crippen molar-refractivity contribution >= 4 is 11.7 Å². The molecule has 0 bridgehead atoms. The fourth-order valence-electron chi connectivity index (χ4n) is 4.59. The van der Waals surface area contributed by atoms with Gasteiger partial charge in [0.1, 0.15) is 0 Å². The maximum Gasteiger partial charge on any atom is 0.223 e. The van der Waals surface area contributed by atoms with Crippen molar-refractivity contribution in [1.82, 2.24) is 9.80 Å². The molecule has 0 aromatic heterocycles. The zero-order valence-electron chi connectivity index (χ0n) is 18.0. The van der Waals surface area contributed by atoms with E-state index in [1.165, 1.54) is 23.1 Å². The van der Waals surface area contributed by atoms with Gasteiger partial charge in [-0.25, -0.2) is 0 Å². The summed E-state index contributed by atoms with van der Waals surface area (Å²) in [4.78, 5) is 29.6. The fourth-order valence-corrected chi connectivity index (χ4v) is 4.59. The monoisotopic (exact) mass is 415 g/mol. The van der Waals surface area contributed by atoms with Gasteiger partial charge < -0.3 is 4.90 Å². The molecule has 1 heterocycles. The summed E-state index contributed by atoms with van der Waals surface area (Å²) in [6.45, 7) is 4.03. The molecule has 0 spiro atoms. The van der Waals surface area contributed by atoms with Crippen molar-refractivity contribution in [3.05, 3.63) is 70.3 Å². The van der Waals surface area contributed by atoms with Gasteiger partial charge in [0.2, 0.25) is 5.91 Å². The third kappa shape index (κ3) is 5.39. The lowest BCUT2D eigenvalue weighted by Crippen LogP contribution is -2.35. The Kier molecular flexibility index (Phi) is 6.79. The lowest BCUT2D eigenvalue weighted by atomic mass is 10.0. The van der Waals surface area contributed by atoms with Crippen LogP contribution in [0.2, 0.25) is 0 Å². The molecule has 5 heteroatoms. The first kappa shape index (κ1) is 21.3. The quantitative estimate of drug-likeness (QED) is 0.674. The molecule has 0 unspecified atom stereocenters. The molecule has 0 saturated carbocycles. The maximum atomic E-state index is 12.7. The van der Waals surface area contributed by atoms with Crippen LogP contribution in [-0.4, -0.2) is 47.7 Å². The summed E-state index contributed by atoms with van der Waals surface area (Å²) in [5, 5.41) is 8.93. The van der Waals surface area contributed by atoms with Crippen molar-refractivity contribution in [2.24, 2.45) is 0 Å². The Morgan fingerprint density at radius 3 is 2.48 bits per heavy atom. The molecule has 5 nitrogen and oxygen atoms in total. The normalized spacial score (nSPS) is 16.4. The van der Waals surface area contributed by atoms with Gasteiger partial charge in [-0.1, -0.05) is 24.3 Å². The van der Waals surface area contributed by atoms with Crippen LogP contribution in [0.25, 0.3) is 0 Å². The van der Waals surface area contributed by atoms with Gasteiger partial charge in [0.25, 0.3) is 0 Å². The van der Waals surface area contributed by atoms with Crippen molar-refractivity contribution in [1.29, 1.82) is 5.26 Å². The van der Waals surface area contributed by atoms with Crippen molar-refractivity contribution in [3.8, 4) is 6.07 Å². The summed E-state index contributed by atoms with van der Waals surface area (Å²) < 4.78 is 0. The van der Waals surface area contributed by atoms with Crippen molar-refractivity contribution in [3.63, 3.8) is 0 Å². The van der Waals surface area contributed by atoms with Crippen molar-refractivity contribution in [2.45, 2.75) is 45.1 Å². The third-order valence-corrected chi connectivity index (χ3v) is 6.42. The van der Waals surface area contributed by atoms with E-state index in [4.69, 9.17) is 5.26 Å². The Morgan fingerprint density at radius 1 is 0.871 bits per heavy atom. The molecule has 4 rings (SSSR count). The van der Waals surface area contributed by atoms with Crippen LogP contribution in [0.3, 0.4) is 0 Å². The van der Waals surface area contributed by atoms with E-state index in [-0.39, 0.29) is 24.5 Å². The number of hydrogen-bond donors (Lipinski definition) is 0. The first-order valence-corrected chi connectivity index (χ1v) is 11.3.